The van der Waals surface area contributed by atoms with E-state index >= 15 is 0 Å². The Balaban J connectivity index is 2.24. The maximum Gasteiger partial charge on any atom is 0.0730 e. The molecular weight excluding hydrogens is 182 g/mol. The van der Waals surface area contributed by atoms with Gasteiger partial charge in [-0.3, -0.25) is 4.68 Å². The van der Waals surface area contributed by atoms with Gasteiger partial charge in [-0.1, -0.05) is 0 Å². The van der Waals surface area contributed by atoms with Gasteiger partial charge in [-0.05, 0) is 29.3 Å². The minimum Gasteiger partial charge on any atom is -0.396 e. The Morgan fingerprint density at radius 2 is 2.46 bits per heavy atom. The van der Waals surface area contributed by atoms with Crippen molar-refractivity contribution < 1.29 is 0 Å². The fraction of sp³-hybridized carbons (Fsp3) is 0.222. The quantitative estimate of drug-likeness (QED) is 0.791. The third-order valence-electron chi connectivity index (χ3n) is 2.05. The molecule has 0 saturated carbocycles. The molecule has 0 aliphatic carbocycles. The number of nitrogens with zero attached hydrogens (tertiary/aromatic N) is 2. The first-order valence-electron chi connectivity index (χ1n) is 4.06. The highest BCUT2D eigenvalue weighted by molar-refractivity contribution is 7.07. The molecule has 68 valence electrons. The van der Waals surface area contributed by atoms with Crippen LogP contribution in [0.5, 0.6) is 0 Å². The summed E-state index contributed by atoms with van der Waals surface area (Å²) >= 11 is 1.70. The summed E-state index contributed by atoms with van der Waals surface area (Å²) in [6.45, 7) is 2.79. The number of hydrogen-bond acceptors (Lipinski definition) is 3. The van der Waals surface area contributed by atoms with Gasteiger partial charge in [0.2, 0.25) is 0 Å². The van der Waals surface area contributed by atoms with Crippen LogP contribution >= 0.6 is 11.3 Å². The van der Waals surface area contributed by atoms with E-state index in [9.17, 15) is 0 Å². The molecule has 13 heavy (non-hydrogen) atoms. The van der Waals surface area contributed by atoms with Crippen LogP contribution in [-0.2, 0) is 6.54 Å². The SMILES string of the molecule is Cc1c(N)cnn1Cc1ccsc1. The van der Waals surface area contributed by atoms with Crippen molar-refractivity contribution in [1.29, 1.82) is 0 Å². The molecule has 0 aliphatic heterocycles. The zero-order valence-corrected chi connectivity index (χ0v) is 8.21. The van der Waals surface area contributed by atoms with E-state index in [-0.39, 0.29) is 0 Å². The van der Waals surface area contributed by atoms with Crippen LogP contribution < -0.4 is 5.73 Å². The molecule has 0 radical (unpaired) electrons. The van der Waals surface area contributed by atoms with Crippen LogP contribution in [0.15, 0.2) is 23.0 Å². The van der Waals surface area contributed by atoms with Crippen molar-refractivity contribution in [3.05, 3.63) is 34.3 Å². The van der Waals surface area contributed by atoms with Gasteiger partial charge in [0.15, 0.2) is 0 Å². The van der Waals surface area contributed by atoms with E-state index in [1.165, 1.54) is 5.56 Å². The van der Waals surface area contributed by atoms with Crippen LogP contribution in [-0.4, -0.2) is 9.78 Å². The lowest BCUT2D eigenvalue weighted by Gasteiger charge is -2.01. The van der Waals surface area contributed by atoms with E-state index in [1.807, 2.05) is 11.6 Å². The number of hydrogen-bond donors (Lipinski definition) is 1. The summed E-state index contributed by atoms with van der Waals surface area (Å²) in [4.78, 5) is 0. The second kappa shape index (κ2) is 3.22. The first kappa shape index (κ1) is 8.31. The maximum absolute atomic E-state index is 5.69. The van der Waals surface area contributed by atoms with E-state index in [0.29, 0.717) is 0 Å². The molecule has 0 bridgehead atoms. The lowest BCUT2D eigenvalue weighted by atomic mass is 10.3. The second-order valence-electron chi connectivity index (χ2n) is 2.97. The van der Waals surface area contributed by atoms with Crippen LogP contribution in [0.2, 0.25) is 0 Å². The maximum atomic E-state index is 5.69. The Bertz CT molecular complexity index is 389. The number of thiophene rings is 1. The van der Waals surface area contributed by atoms with Gasteiger partial charge in [0, 0.05) is 0 Å². The van der Waals surface area contributed by atoms with Gasteiger partial charge in [0.05, 0.1) is 24.1 Å². The third-order valence-corrected chi connectivity index (χ3v) is 2.79. The highest BCUT2D eigenvalue weighted by atomic mass is 32.1. The van der Waals surface area contributed by atoms with Crippen LogP contribution in [0.4, 0.5) is 5.69 Å². The van der Waals surface area contributed by atoms with Gasteiger partial charge < -0.3 is 5.73 Å². The standard InChI is InChI=1S/C9H11N3S/c1-7-9(10)4-11-12(7)5-8-2-3-13-6-8/h2-4,6H,5,10H2,1H3. The summed E-state index contributed by atoms with van der Waals surface area (Å²) in [7, 11) is 0. The topological polar surface area (TPSA) is 43.8 Å². The van der Waals surface area contributed by atoms with Crippen molar-refractivity contribution in [2.45, 2.75) is 13.5 Å². The molecule has 0 unspecified atom stereocenters. The van der Waals surface area contributed by atoms with E-state index in [2.05, 4.69) is 21.9 Å². The molecule has 3 nitrogen and oxygen atoms in total. The molecule has 0 aromatic carbocycles. The highest BCUT2D eigenvalue weighted by Crippen LogP contribution is 2.12. The first-order valence-corrected chi connectivity index (χ1v) is 5.00. The summed E-state index contributed by atoms with van der Waals surface area (Å²) in [5, 5.41) is 8.38. The predicted molar refractivity (Wildman–Crippen MR) is 54.8 cm³/mol. The third kappa shape index (κ3) is 1.58. The van der Waals surface area contributed by atoms with Crippen LogP contribution in [0.3, 0.4) is 0 Å². The summed E-state index contributed by atoms with van der Waals surface area (Å²) < 4.78 is 1.91. The molecule has 0 saturated heterocycles. The van der Waals surface area contributed by atoms with Gasteiger partial charge in [0.25, 0.3) is 0 Å². The molecule has 0 fully saturated rings. The molecule has 4 heteroatoms. The van der Waals surface area contributed by atoms with Gasteiger partial charge in [-0.15, -0.1) is 0 Å². The van der Waals surface area contributed by atoms with Gasteiger partial charge >= 0.3 is 0 Å². The fourth-order valence-electron chi connectivity index (χ4n) is 1.18. The summed E-state index contributed by atoms with van der Waals surface area (Å²) in [5.41, 5.74) is 8.76. The molecule has 2 N–H and O–H groups in total. The average Bonchev–Trinajstić information content (AvgIpc) is 2.71. The van der Waals surface area contributed by atoms with Crippen molar-refractivity contribution in [1.82, 2.24) is 9.78 Å². The highest BCUT2D eigenvalue weighted by Gasteiger charge is 2.03. The Kier molecular flexibility index (Phi) is 2.06. The molecule has 0 atom stereocenters. The number of nitrogens with two attached hydrogens (primary N) is 1. The van der Waals surface area contributed by atoms with Crippen LogP contribution in [0, 0.1) is 6.92 Å². The van der Waals surface area contributed by atoms with Crippen molar-refractivity contribution in [3.8, 4) is 0 Å². The summed E-state index contributed by atoms with van der Waals surface area (Å²) in [6.07, 6.45) is 1.70. The van der Waals surface area contributed by atoms with E-state index < -0.39 is 0 Å². The smallest absolute Gasteiger partial charge is 0.0730 e. The zero-order chi connectivity index (χ0) is 9.26. The Morgan fingerprint density at radius 3 is 3.00 bits per heavy atom. The lowest BCUT2D eigenvalue weighted by Crippen LogP contribution is -2.03. The predicted octanol–water partition coefficient (Wildman–Crippen LogP) is 1.88. The lowest BCUT2D eigenvalue weighted by molar-refractivity contribution is 0.667. The molecule has 2 aromatic rings. The number of nitrogen functional groups attached to an aromatic ring is 1. The molecule has 2 rings (SSSR count). The van der Waals surface area contributed by atoms with Crippen molar-refractivity contribution in [3.63, 3.8) is 0 Å². The number of aromatic nitrogens is 2. The molecular formula is C9H11N3S. The Labute approximate surface area is 80.8 Å². The minimum atomic E-state index is 0.759. The van der Waals surface area contributed by atoms with Gasteiger partial charge in [0.1, 0.15) is 0 Å². The average molecular weight is 193 g/mol. The minimum absolute atomic E-state index is 0.759. The zero-order valence-electron chi connectivity index (χ0n) is 7.40. The molecule has 0 aliphatic rings. The van der Waals surface area contributed by atoms with E-state index in [0.717, 1.165) is 17.9 Å². The molecule has 0 spiro atoms. The van der Waals surface area contributed by atoms with Gasteiger partial charge in [-0.25, -0.2) is 0 Å². The van der Waals surface area contributed by atoms with Crippen molar-refractivity contribution in [2.75, 3.05) is 5.73 Å². The number of rotatable bonds is 2. The van der Waals surface area contributed by atoms with Crippen molar-refractivity contribution >= 4 is 17.0 Å². The van der Waals surface area contributed by atoms with E-state index in [4.69, 9.17) is 5.73 Å². The van der Waals surface area contributed by atoms with Crippen LogP contribution in [0.25, 0.3) is 0 Å². The summed E-state index contributed by atoms with van der Waals surface area (Å²) in [6, 6.07) is 2.10. The second-order valence-corrected chi connectivity index (χ2v) is 3.75. The first-order chi connectivity index (χ1) is 6.27. The molecule has 2 aromatic heterocycles. The van der Waals surface area contributed by atoms with Crippen molar-refractivity contribution in [2.24, 2.45) is 0 Å². The molecule has 0 amide bonds. The van der Waals surface area contributed by atoms with E-state index in [1.54, 1.807) is 17.5 Å². The monoisotopic (exact) mass is 193 g/mol. The largest absolute Gasteiger partial charge is 0.396 e. The molecule has 2 heterocycles. The fourth-order valence-corrected chi connectivity index (χ4v) is 1.84. The number of anilines is 1. The normalized spacial score (nSPS) is 10.5. The van der Waals surface area contributed by atoms with Gasteiger partial charge in [-0.2, -0.15) is 16.4 Å². The Hall–Kier alpha value is -1.29. The van der Waals surface area contributed by atoms with Crippen LogP contribution in [0.1, 0.15) is 11.3 Å². The summed E-state index contributed by atoms with van der Waals surface area (Å²) in [5.74, 6) is 0. The Morgan fingerprint density at radius 1 is 1.62 bits per heavy atom.